The third-order valence-electron chi connectivity index (χ3n) is 2.18. The topological polar surface area (TPSA) is 3.01 Å². The Morgan fingerprint density at radius 3 is 3.08 bits per heavy atom. The maximum Gasteiger partial charge on any atom is 0.263 e. The molecule has 0 fully saturated rings. The van der Waals surface area contributed by atoms with Crippen LogP contribution >= 0.6 is 0 Å². The van der Waals surface area contributed by atoms with Crippen molar-refractivity contribution >= 4 is 12.4 Å². The van der Waals surface area contributed by atoms with Crippen molar-refractivity contribution in [1.29, 1.82) is 0 Å². The number of fused-ring (bicyclic) bond motifs is 1. The molecule has 0 saturated carbocycles. The molecule has 1 nitrogen and oxygen atoms in total. The van der Waals surface area contributed by atoms with Gasteiger partial charge in [-0.15, -0.1) is 0 Å². The summed E-state index contributed by atoms with van der Waals surface area (Å²) in [5, 5.41) is 0. The van der Waals surface area contributed by atoms with Gasteiger partial charge in [-0.05, 0) is 11.6 Å². The number of halogens is 1. The standard InChI is InChI=1S/C9H9FNS/c10-9-3-1-2-7-4-5-11(12)6-8(7)9/h1-3H,4-6H2/q+1. The highest BCUT2D eigenvalue weighted by atomic mass is 32.1. The monoisotopic (exact) mass is 182 g/mol. The van der Waals surface area contributed by atoms with Crippen LogP contribution in [0.5, 0.6) is 0 Å². The Morgan fingerprint density at radius 2 is 2.25 bits per heavy atom. The Hall–Kier alpha value is -0.830. The first kappa shape index (κ1) is 7.80. The van der Waals surface area contributed by atoms with Gasteiger partial charge in [0.1, 0.15) is 5.82 Å². The van der Waals surface area contributed by atoms with Crippen molar-refractivity contribution in [3.63, 3.8) is 0 Å². The fraction of sp³-hybridized carbons (Fsp3) is 0.333. The second-order valence-electron chi connectivity index (χ2n) is 2.99. The van der Waals surface area contributed by atoms with Crippen LogP contribution in [0.1, 0.15) is 11.1 Å². The largest absolute Gasteiger partial charge is 0.263 e. The second kappa shape index (κ2) is 2.90. The molecule has 3 heteroatoms. The molecule has 0 aliphatic carbocycles. The average molecular weight is 182 g/mol. The molecule has 0 atom stereocenters. The van der Waals surface area contributed by atoms with Gasteiger partial charge in [0, 0.05) is 6.42 Å². The zero-order chi connectivity index (χ0) is 8.55. The maximum absolute atomic E-state index is 13.2. The molecule has 0 bridgehead atoms. The molecule has 12 heavy (non-hydrogen) atoms. The molecule has 0 radical (unpaired) electrons. The Labute approximate surface area is 76.0 Å². The molecule has 62 valence electrons. The van der Waals surface area contributed by atoms with E-state index in [9.17, 15) is 4.39 Å². The van der Waals surface area contributed by atoms with Gasteiger partial charge in [0.15, 0.2) is 13.1 Å². The second-order valence-corrected chi connectivity index (χ2v) is 3.51. The van der Waals surface area contributed by atoms with Crippen LogP contribution < -0.4 is 0 Å². The van der Waals surface area contributed by atoms with Crippen molar-refractivity contribution in [3.8, 4) is 0 Å². The third-order valence-corrected chi connectivity index (χ3v) is 2.49. The molecule has 0 unspecified atom stereocenters. The van der Waals surface area contributed by atoms with Crippen LogP contribution in [0.15, 0.2) is 18.2 Å². The lowest BCUT2D eigenvalue weighted by Gasteiger charge is -2.12. The van der Waals surface area contributed by atoms with Crippen LogP contribution in [-0.4, -0.2) is 10.5 Å². The van der Waals surface area contributed by atoms with Gasteiger partial charge in [0.05, 0.1) is 5.56 Å². The molecule has 1 aromatic rings. The van der Waals surface area contributed by atoms with Gasteiger partial charge >= 0.3 is 0 Å². The SMILES string of the molecule is Fc1cccc2c1C[N+](=S)CC2. The third kappa shape index (κ3) is 1.25. The predicted octanol–water partition coefficient (Wildman–Crippen LogP) is 1.62. The van der Waals surface area contributed by atoms with Crippen LogP contribution in [-0.2, 0) is 25.4 Å². The first-order chi connectivity index (χ1) is 5.77. The summed E-state index contributed by atoms with van der Waals surface area (Å²) in [6.45, 7) is 1.42. The van der Waals surface area contributed by atoms with E-state index in [2.05, 4.69) is 0 Å². The van der Waals surface area contributed by atoms with E-state index in [4.69, 9.17) is 12.4 Å². The highest BCUT2D eigenvalue weighted by Gasteiger charge is 2.20. The Bertz CT molecular complexity index is 335. The summed E-state index contributed by atoms with van der Waals surface area (Å²) in [5.41, 5.74) is 1.88. The summed E-state index contributed by atoms with van der Waals surface area (Å²) >= 11 is 4.99. The van der Waals surface area contributed by atoms with Crippen molar-refractivity contribution in [1.82, 2.24) is 0 Å². The highest BCUT2D eigenvalue weighted by Crippen LogP contribution is 2.18. The van der Waals surface area contributed by atoms with Crippen molar-refractivity contribution in [3.05, 3.63) is 35.1 Å². The average Bonchev–Trinajstić information content (AvgIpc) is 2.07. The first-order valence-electron chi connectivity index (χ1n) is 3.96. The van der Waals surface area contributed by atoms with E-state index in [-0.39, 0.29) is 5.82 Å². The quantitative estimate of drug-likeness (QED) is 0.551. The van der Waals surface area contributed by atoms with E-state index in [0.29, 0.717) is 6.54 Å². The Morgan fingerprint density at radius 1 is 1.42 bits per heavy atom. The van der Waals surface area contributed by atoms with Gasteiger partial charge in [0.2, 0.25) is 0 Å². The Balaban J connectivity index is 2.50. The summed E-state index contributed by atoms with van der Waals surface area (Å²) < 4.78 is 14.9. The zero-order valence-electron chi connectivity index (χ0n) is 6.59. The number of hydrogen-bond acceptors (Lipinski definition) is 1. The van der Waals surface area contributed by atoms with Crippen LogP contribution in [0.4, 0.5) is 4.39 Å². The lowest BCUT2D eigenvalue weighted by molar-refractivity contribution is -0.518. The first-order valence-corrected chi connectivity index (χ1v) is 4.32. The molecule has 0 amide bonds. The van der Waals surface area contributed by atoms with Crippen LogP contribution in [0.3, 0.4) is 0 Å². The van der Waals surface area contributed by atoms with E-state index in [0.717, 1.165) is 24.1 Å². The summed E-state index contributed by atoms with van der Waals surface area (Å²) in [7, 11) is 0. The molecule has 1 aliphatic heterocycles. The maximum atomic E-state index is 13.2. The molecule has 2 rings (SSSR count). The molecular formula is C9H9FNS+. The van der Waals surface area contributed by atoms with Crippen LogP contribution in [0.2, 0.25) is 0 Å². The van der Waals surface area contributed by atoms with Gasteiger partial charge in [-0.1, -0.05) is 12.1 Å². The lowest BCUT2D eigenvalue weighted by Crippen LogP contribution is -2.20. The summed E-state index contributed by atoms with van der Waals surface area (Å²) in [4.78, 5) is 0. The fourth-order valence-corrected chi connectivity index (χ4v) is 1.74. The van der Waals surface area contributed by atoms with Crippen LogP contribution in [0, 0.1) is 5.82 Å². The molecule has 1 heterocycles. The molecule has 1 aliphatic rings. The lowest BCUT2D eigenvalue weighted by atomic mass is 10.0. The fourth-order valence-electron chi connectivity index (χ4n) is 1.52. The summed E-state index contributed by atoms with van der Waals surface area (Å²) in [5.74, 6) is -0.123. The van der Waals surface area contributed by atoms with E-state index < -0.39 is 0 Å². The molecule has 0 spiro atoms. The van der Waals surface area contributed by atoms with E-state index in [1.165, 1.54) is 6.07 Å². The van der Waals surface area contributed by atoms with Crippen molar-refractivity contribution in [2.45, 2.75) is 13.0 Å². The van der Waals surface area contributed by atoms with E-state index in [1.807, 2.05) is 6.07 Å². The normalized spacial score (nSPS) is 15.9. The van der Waals surface area contributed by atoms with Gasteiger partial charge in [0.25, 0.3) is 12.4 Å². The number of hydrogen-bond donors (Lipinski definition) is 0. The summed E-state index contributed by atoms with van der Waals surface area (Å²) in [6.07, 6.45) is 0.872. The minimum Gasteiger partial charge on any atom is -0.206 e. The number of benzene rings is 1. The van der Waals surface area contributed by atoms with Crippen molar-refractivity contribution in [2.24, 2.45) is 0 Å². The van der Waals surface area contributed by atoms with Crippen molar-refractivity contribution < 1.29 is 8.34 Å². The minimum absolute atomic E-state index is 0.123. The number of nitrogens with zero attached hydrogens (tertiary/aromatic N) is 1. The molecule has 0 aromatic heterocycles. The van der Waals surface area contributed by atoms with Gasteiger partial charge in [-0.3, -0.25) is 0 Å². The van der Waals surface area contributed by atoms with Gasteiger partial charge in [-0.25, -0.2) is 4.39 Å². The van der Waals surface area contributed by atoms with E-state index in [1.54, 1.807) is 10.0 Å². The molecule has 0 saturated heterocycles. The molecule has 1 aromatic carbocycles. The Kier molecular flexibility index (Phi) is 1.89. The highest BCUT2D eigenvalue weighted by molar-refractivity contribution is 7.44. The smallest absolute Gasteiger partial charge is 0.206 e. The zero-order valence-corrected chi connectivity index (χ0v) is 7.40. The molecule has 0 N–H and O–H groups in total. The number of rotatable bonds is 0. The van der Waals surface area contributed by atoms with Gasteiger partial charge in [-0.2, -0.15) is 3.95 Å². The van der Waals surface area contributed by atoms with E-state index >= 15 is 0 Å². The minimum atomic E-state index is -0.123. The van der Waals surface area contributed by atoms with Crippen LogP contribution in [0.25, 0.3) is 0 Å². The summed E-state index contributed by atoms with van der Waals surface area (Å²) in [6, 6.07) is 5.22. The van der Waals surface area contributed by atoms with Gasteiger partial charge < -0.3 is 0 Å². The molecular weight excluding hydrogens is 173 g/mol. The van der Waals surface area contributed by atoms with Crippen molar-refractivity contribution in [2.75, 3.05) is 6.54 Å². The predicted molar refractivity (Wildman–Crippen MR) is 46.3 cm³/mol.